The Labute approximate surface area is 83.4 Å². The molecule has 0 heterocycles. The third kappa shape index (κ3) is 2.61. The maximum Gasteiger partial charge on any atom is 0.188 e. The van der Waals surface area contributed by atoms with Crippen LogP contribution in [0.25, 0.3) is 0 Å². The van der Waals surface area contributed by atoms with Crippen molar-refractivity contribution in [2.75, 3.05) is 13.9 Å². The van der Waals surface area contributed by atoms with Gasteiger partial charge in [0.05, 0.1) is 5.88 Å². The van der Waals surface area contributed by atoms with Crippen molar-refractivity contribution in [2.24, 2.45) is 0 Å². The third-order valence-corrected chi connectivity index (χ3v) is 2.05. The quantitative estimate of drug-likeness (QED) is 0.550. The van der Waals surface area contributed by atoms with Crippen LogP contribution in [0, 0.1) is 6.92 Å². The summed E-state index contributed by atoms with van der Waals surface area (Å²) in [6, 6.07) is 5.90. The highest BCUT2D eigenvalue weighted by atomic mass is 35.5. The Hall–Kier alpha value is -0.730. The van der Waals surface area contributed by atoms with Crippen LogP contribution in [0.4, 0.5) is 0 Å². The van der Waals surface area contributed by atoms with E-state index in [1.54, 1.807) is 7.11 Å². The monoisotopic (exact) mass is 200 g/mol. The van der Waals surface area contributed by atoms with Gasteiger partial charge in [-0.05, 0) is 12.5 Å². The zero-order chi connectivity index (χ0) is 9.68. The molecule has 1 aromatic carbocycles. The van der Waals surface area contributed by atoms with Crippen LogP contribution in [-0.4, -0.2) is 13.9 Å². The van der Waals surface area contributed by atoms with E-state index in [4.69, 9.17) is 21.1 Å². The first-order valence-electron chi connectivity index (χ1n) is 4.05. The fourth-order valence-electron chi connectivity index (χ4n) is 1.14. The average Bonchev–Trinajstić information content (AvgIpc) is 2.15. The van der Waals surface area contributed by atoms with Crippen molar-refractivity contribution < 1.29 is 9.47 Å². The molecule has 1 aromatic rings. The topological polar surface area (TPSA) is 18.5 Å². The van der Waals surface area contributed by atoms with E-state index in [1.165, 1.54) is 0 Å². The van der Waals surface area contributed by atoms with Crippen LogP contribution in [-0.2, 0) is 10.6 Å². The number of benzene rings is 1. The van der Waals surface area contributed by atoms with E-state index >= 15 is 0 Å². The summed E-state index contributed by atoms with van der Waals surface area (Å²) in [6.07, 6.45) is 0. The zero-order valence-corrected chi connectivity index (χ0v) is 8.60. The zero-order valence-electron chi connectivity index (χ0n) is 7.84. The lowest BCUT2D eigenvalue weighted by atomic mass is 10.1. The van der Waals surface area contributed by atoms with Gasteiger partial charge in [-0.15, -0.1) is 11.6 Å². The minimum absolute atomic E-state index is 0.259. The molecule has 1 rings (SSSR count). The normalized spacial score (nSPS) is 10.1. The highest BCUT2D eigenvalue weighted by Crippen LogP contribution is 2.24. The summed E-state index contributed by atoms with van der Waals surface area (Å²) in [7, 11) is 1.60. The number of ether oxygens (including phenoxy) is 2. The highest BCUT2D eigenvalue weighted by Gasteiger charge is 2.04. The molecule has 0 unspecified atom stereocenters. The third-order valence-electron chi connectivity index (χ3n) is 1.76. The number of para-hydroxylation sites is 1. The predicted molar refractivity (Wildman–Crippen MR) is 53.2 cm³/mol. The molecule has 0 saturated carbocycles. The van der Waals surface area contributed by atoms with E-state index < -0.39 is 0 Å². The van der Waals surface area contributed by atoms with Crippen molar-refractivity contribution in [3.05, 3.63) is 29.3 Å². The SMILES string of the molecule is COCOc1c(C)cccc1CCl. The Morgan fingerprint density at radius 2 is 2.15 bits per heavy atom. The van der Waals surface area contributed by atoms with Crippen LogP contribution in [0.15, 0.2) is 18.2 Å². The number of aryl methyl sites for hydroxylation is 1. The molecule has 0 aliphatic heterocycles. The summed E-state index contributed by atoms with van der Waals surface area (Å²) >= 11 is 5.76. The lowest BCUT2D eigenvalue weighted by Crippen LogP contribution is -2.02. The summed E-state index contributed by atoms with van der Waals surface area (Å²) in [4.78, 5) is 0. The molecule has 2 nitrogen and oxygen atoms in total. The minimum atomic E-state index is 0.259. The summed E-state index contributed by atoms with van der Waals surface area (Å²) in [5, 5.41) is 0. The second kappa shape index (κ2) is 5.10. The molecule has 0 aromatic heterocycles. The number of hydrogen-bond donors (Lipinski definition) is 0. The van der Waals surface area contributed by atoms with Crippen LogP contribution in [0.3, 0.4) is 0 Å². The maximum absolute atomic E-state index is 5.76. The number of alkyl halides is 1. The van der Waals surface area contributed by atoms with Gasteiger partial charge in [-0.25, -0.2) is 0 Å². The van der Waals surface area contributed by atoms with Crippen molar-refractivity contribution in [3.63, 3.8) is 0 Å². The van der Waals surface area contributed by atoms with Gasteiger partial charge in [0, 0.05) is 12.7 Å². The summed E-state index contributed by atoms with van der Waals surface area (Å²) in [5.41, 5.74) is 2.08. The van der Waals surface area contributed by atoms with E-state index in [9.17, 15) is 0 Å². The van der Waals surface area contributed by atoms with Crippen LogP contribution in [0.2, 0.25) is 0 Å². The Bertz CT molecular complexity index is 274. The lowest BCUT2D eigenvalue weighted by Gasteiger charge is -2.11. The van der Waals surface area contributed by atoms with Gasteiger partial charge in [-0.1, -0.05) is 18.2 Å². The first-order chi connectivity index (χ1) is 6.29. The van der Waals surface area contributed by atoms with Crippen LogP contribution >= 0.6 is 11.6 Å². The first kappa shape index (κ1) is 10.4. The van der Waals surface area contributed by atoms with Gasteiger partial charge < -0.3 is 9.47 Å². The van der Waals surface area contributed by atoms with E-state index in [-0.39, 0.29) is 6.79 Å². The largest absolute Gasteiger partial charge is 0.467 e. The standard InChI is InChI=1S/C10H13ClO2/c1-8-4-3-5-9(6-11)10(8)13-7-12-2/h3-5H,6-7H2,1-2H3. The smallest absolute Gasteiger partial charge is 0.188 e. The van der Waals surface area contributed by atoms with Crippen molar-refractivity contribution in [2.45, 2.75) is 12.8 Å². The van der Waals surface area contributed by atoms with Gasteiger partial charge in [0.1, 0.15) is 5.75 Å². The summed E-state index contributed by atoms with van der Waals surface area (Å²) in [5.74, 6) is 1.29. The second-order valence-corrected chi connectivity index (χ2v) is 3.01. The van der Waals surface area contributed by atoms with Crippen molar-refractivity contribution >= 4 is 11.6 Å². The molecule has 0 amide bonds. The molecule has 0 fully saturated rings. The Balaban J connectivity index is 2.87. The van der Waals surface area contributed by atoms with Gasteiger partial charge >= 0.3 is 0 Å². The van der Waals surface area contributed by atoms with E-state index in [2.05, 4.69) is 0 Å². The Morgan fingerprint density at radius 1 is 1.38 bits per heavy atom. The molecule has 0 atom stereocenters. The number of methoxy groups -OCH3 is 1. The first-order valence-corrected chi connectivity index (χ1v) is 4.59. The van der Waals surface area contributed by atoms with E-state index in [0.717, 1.165) is 16.9 Å². The van der Waals surface area contributed by atoms with Crippen LogP contribution in [0.5, 0.6) is 5.75 Å². The summed E-state index contributed by atoms with van der Waals surface area (Å²) < 4.78 is 10.2. The Morgan fingerprint density at radius 3 is 2.77 bits per heavy atom. The molecule has 0 bridgehead atoms. The minimum Gasteiger partial charge on any atom is -0.467 e. The van der Waals surface area contributed by atoms with Gasteiger partial charge in [-0.2, -0.15) is 0 Å². The maximum atomic E-state index is 5.76. The van der Waals surface area contributed by atoms with Gasteiger partial charge in [0.15, 0.2) is 6.79 Å². The van der Waals surface area contributed by atoms with Crippen molar-refractivity contribution in [3.8, 4) is 5.75 Å². The molecule has 0 N–H and O–H groups in total. The fraction of sp³-hybridized carbons (Fsp3) is 0.400. The van der Waals surface area contributed by atoms with Crippen molar-refractivity contribution in [1.29, 1.82) is 0 Å². The molecule has 3 heteroatoms. The fourth-order valence-corrected chi connectivity index (χ4v) is 1.35. The number of halogens is 1. The molecule has 72 valence electrons. The van der Waals surface area contributed by atoms with E-state index in [0.29, 0.717) is 5.88 Å². The van der Waals surface area contributed by atoms with Gasteiger partial charge in [-0.3, -0.25) is 0 Å². The summed E-state index contributed by atoms with van der Waals surface area (Å²) in [6.45, 7) is 2.25. The average molecular weight is 201 g/mol. The lowest BCUT2D eigenvalue weighted by molar-refractivity contribution is 0.0501. The number of rotatable bonds is 4. The van der Waals surface area contributed by atoms with Crippen LogP contribution < -0.4 is 4.74 Å². The molecule has 0 radical (unpaired) electrons. The molecule has 0 aliphatic rings. The molecule has 13 heavy (non-hydrogen) atoms. The van der Waals surface area contributed by atoms with Gasteiger partial charge in [0.25, 0.3) is 0 Å². The predicted octanol–water partition coefficient (Wildman–Crippen LogP) is 2.72. The van der Waals surface area contributed by atoms with E-state index in [1.807, 2.05) is 25.1 Å². The molecular formula is C10H13ClO2. The highest BCUT2D eigenvalue weighted by molar-refractivity contribution is 6.17. The molecule has 0 spiro atoms. The van der Waals surface area contributed by atoms with Gasteiger partial charge in [0.2, 0.25) is 0 Å². The number of hydrogen-bond acceptors (Lipinski definition) is 2. The molecular weight excluding hydrogens is 188 g/mol. The molecule has 0 saturated heterocycles. The second-order valence-electron chi connectivity index (χ2n) is 2.75. The Kier molecular flexibility index (Phi) is 4.06. The molecule has 0 aliphatic carbocycles. The van der Waals surface area contributed by atoms with Crippen molar-refractivity contribution in [1.82, 2.24) is 0 Å². The van der Waals surface area contributed by atoms with Crippen LogP contribution in [0.1, 0.15) is 11.1 Å².